The van der Waals surface area contributed by atoms with Crippen molar-refractivity contribution >= 4 is 26.4 Å². The maximum atomic E-state index is 14.8. The van der Waals surface area contributed by atoms with Crippen LogP contribution in [0.25, 0.3) is 10.8 Å². The lowest BCUT2D eigenvalue weighted by Gasteiger charge is -2.07. The van der Waals surface area contributed by atoms with Gasteiger partial charge in [-0.15, -0.1) is 0 Å². The molecule has 0 spiro atoms. The number of Topliss-reactive ketones (excluding diaryl/α,β-unsaturated/α-hetero) is 1. The second-order valence-corrected chi connectivity index (χ2v) is 10.4. The maximum absolute atomic E-state index is 14.8. The molecule has 1 aliphatic carbocycles. The van der Waals surface area contributed by atoms with Crippen LogP contribution >= 0.6 is 0 Å². The first-order chi connectivity index (χ1) is 15.9. The number of halogens is 1. The summed E-state index contributed by atoms with van der Waals surface area (Å²) in [5, 5.41) is 1.17. The van der Waals surface area contributed by atoms with E-state index in [4.69, 9.17) is 0 Å². The van der Waals surface area contributed by atoms with Crippen LogP contribution in [0.15, 0.2) is 84.1 Å². The minimum Gasteiger partial charge on any atom is -0.299 e. The predicted octanol–water partition coefficient (Wildman–Crippen LogP) is 4.66. The van der Waals surface area contributed by atoms with Crippen LogP contribution in [0.3, 0.4) is 0 Å². The molecule has 0 N–H and O–H groups in total. The van der Waals surface area contributed by atoms with E-state index in [9.17, 15) is 17.6 Å². The van der Waals surface area contributed by atoms with Crippen LogP contribution in [0.1, 0.15) is 29.2 Å². The first kappa shape index (κ1) is 21.4. The Bertz CT molecular complexity index is 1440. The van der Waals surface area contributed by atoms with Crippen molar-refractivity contribution in [3.63, 3.8) is 0 Å². The van der Waals surface area contributed by atoms with Gasteiger partial charge in [0.15, 0.2) is 9.84 Å². The third kappa shape index (κ3) is 4.41. The summed E-state index contributed by atoms with van der Waals surface area (Å²) >= 11 is 0. The normalized spacial score (nSPS) is 17.7. The first-order valence-electron chi connectivity index (χ1n) is 10.7. The van der Waals surface area contributed by atoms with Crippen LogP contribution in [-0.2, 0) is 26.8 Å². The molecule has 5 rings (SSSR count). The molecule has 0 radical (unpaired) electrons. The number of sulfone groups is 1. The molecule has 2 atom stereocenters. The van der Waals surface area contributed by atoms with Crippen LogP contribution in [0, 0.1) is 11.7 Å². The van der Waals surface area contributed by atoms with Gasteiger partial charge in [-0.05, 0) is 53.8 Å². The molecule has 0 amide bonds. The summed E-state index contributed by atoms with van der Waals surface area (Å²) in [6.07, 6.45) is 5.44. The van der Waals surface area contributed by atoms with E-state index in [-0.39, 0.29) is 40.5 Å². The molecule has 2 aromatic heterocycles. The van der Waals surface area contributed by atoms with Gasteiger partial charge in [0.25, 0.3) is 0 Å². The summed E-state index contributed by atoms with van der Waals surface area (Å²) in [6.45, 7) is 0. The number of rotatable bonds is 7. The Morgan fingerprint density at radius 3 is 2.58 bits per heavy atom. The van der Waals surface area contributed by atoms with E-state index in [0.29, 0.717) is 28.5 Å². The number of benzene rings is 2. The molecule has 33 heavy (non-hydrogen) atoms. The number of aromatic nitrogens is 2. The molecular weight excluding hydrogens is 439 g/mol. The van der Waals surface area contributed by atoms with Gasteiger partial charge in [0.05, 0.1) is 16.3 Å². The Morgan fingerprint density at radius 2 is 1.82 bits per heavy atom. The minimum atomic E-state index is -3.50. The quantitative estimate of drug-likeness (QED) is 0.401. The van der Waals surface area contributed by atoms with Crippen molar-refractivity contribution in [3.8, 4) is 0 Å². The van der Waals surface area contributed by atoms with Gasteiger partial charge < -0.3 is 0 Å². The van der Waals surface area contributed by atoms with Gasteiger partial charge in [0.2, 0.25) is 0 Å². The van der Waals surface area contributed by atoms with Gasteiger partial charge in [-0.1, -0.05) is 30.3 Å². The Morgan fingerprint density at radius 1 is 1.00 bits per heavy atom. The molecule has 2 aromatic carbocycles. The molecule has 4 aromatic rings. The molecule has 0 aliphatic heterocycles. The Kier molecular flexibility index (Phi) is 5.50. The van der Waals surface area contributed by atoms with Crippen LogP contribution in [0.2, 0.25) is 0 Å². The molecule has 2 heterocycles. The summed E-state index contributed by atoms with van der Waals surface area (Å²) < 4.78 is 40.1. The summed E-state index contributed by atoms with van der Waals surface area (Å²) in [5.74, 6) is -0.668. The summed E-state index contributed by atoms with van der Waals surface area (Å²) in [5.41, 5.74) is 1.81. The third-order valence-corrected chi connectivity index (χ3v) is 7.80. The van der Waals surface area contributed by atoms with Crippen molar-refractivity contribution in [2.75, 3.05) is 0 Å². The average molecular weight is 461 g/mol. The highest BCUT2D eigenvalue weighted by Crippen LogP contribution is 2.48. The van der Waals surface area contributed by atoms with Crippen molar-refractivity contribution in [3.05, 3.63) is 102 Å². The lowest BCUT2D eigenvalue weighted by molar-refractivity contribution is -0.119. The second kappa shape index (κ2) is 8.48. The fourth-order valence-corrected chi connectivity index (χ4v) is 5.51. The number of pyridine rings is 2. The highest BCUT2D eigenvalue weighted by atomic mass is 32.2. The van der Waals surface area contributed by atoms with E-state index in [0.717, 1.165) is 5.56 Å². The number of ketones is 1. The van der Waals surface area contributed by atoms with Gasteiger partial charge in [-0.25, -0.2) is 12.8 Å². The minimum absolute atomic E-state index is 0.000781. The van der Waals surface area contributed by atoms with E-state index in [1.807, 2.05) is 0 Å². The molecule has 0 bridgehead atoms. The number of fused-ring (bicyclic) bond motifs is 1. The van der Waals surface area contributed by atoms with E-state index in [1.54, 1.807) is 73.1 Å². The van der Waals surface area contributed by atoms with Crippen LogP contribution < -0.4 is 0 Å². The van der Waals surface area contributed by atoms with Gasteiger partial charge in [0.1, 0.15) is 11.6 Å². The van der Waals surface area contributed by atoms with E-state index >= 15 is 0 Å². The third-order valence-electron chi connectivity index (χ3n) is 6.13. The first-order valence-corrected chi connectivity index (χ1v) is 12.3. The second-order valence-electron chi connectivity index (χ2n) is 8.38. The lowest BCUT2D eigenvalue weighted by atomic mass is 10.00. The zero-order chi connectivity index (χ0) is 23.0. The van der Waals surface area contributed by atoms with Crippen molar-refractivity contribution in [1.82, 2.24) is 9.97 Å². The molecule has 0 saturated heterocycles. The van der Waals surface area contributed by atoms with Crippen molar-refractivity contribution < 1.29 is 17.6 Å². The van der Waals surface area contributed by atoms with E-state index in [1.165, 1.54) is 6.20 Å². The average Bonchev–Trinajstić information content (AvgIpc) is 3.63. The zero-order valence-corrected chi connectivity index (χ0v) is 18.5. The number of carbonyl (C=O) groups is 1. The Labute approximate surface area is 191 Å². The standard InChI is InChI=1S/C26H21FN2O3S/c27-26-18(4-5-19-15-28-12-10-22(19)26)13-25(30)24-14-23(24)17-6-8-21(9-7-17)33(31,32)16-20-3-1-2-11-29-20/h1-12,15,23-24H,13-14,16H2. The SMILES string of the molecule is O=C(Cc1ccc2cnccc2c1F)C1CC1c1ccc(S(=O)(=O)Cc2ccccn2)cc1. The number of hydrogen-bond donors (Lipinski definition) is 0. The van der Waals surface area contributed by atoms with Gasteiger partial charge >= 0.3 is 0 Å². The summed E-state index contributed by atoms with van der Waals surface area (Å²) in [6, 6.07) is 16.9. The van der Waals surface area contributed by atoms with Crippen LogP contribution in [0.4, 0.5) is 4.39 Å². The Hall–Kier alpha value is -3.45. The predicted molar refractivity (Wildman–Crippen MR) is 123 cm³/mol. The number of hydrogen-bond acceptors (Lipinski definition) is 5. The fourth-order valence-electron chi connectivity index (χ4n) is 4.23. The highest BCUT2D eigenvalue weighted by molar-refractivity contribution is 7.90. The molecule has 166 valence electrons. The smallest absolute Gasteiger partial charge is 0.184 e. The number of nitrogens with zero attached hydrogens (tertiary/aromatic N) is 2. The highest BCUT2D eigenvalue weighted by Gasteiger charge is 2.43. The molecule has 7 heteroatoms. The summed E-state index contributed by atoms with van der Waals surface area (Å²) in [7, 11) is -3.50. The Balaban J connectivity index is 1.26. The molecular formula is C26H21FN2O3S. The maximum Gasteiger partial charge on any atom is 0.184 e. The largest absolute Gasteiger partial charge is 0.299 e. The zero-order valence-electron chi connectivity index (χ0n) is 17.7. The van der Waals surface area contributed by atoms with E-state index in [2.05, 4.69) is 9.97 Å². The number of carbonyl (C=O) groups excluding carboxylic acids is 1. The van der Waals surface area contributed by atoms with E-state index < -0.39 is 9.84 Å². The van der Waals surface area contributed by atoms with Crippen molar-refractivity contribution in [2.45, 2.75) is 29.4 Å². The molecule has 1 saturated carbocycles. The molecule has 2 unspecified atom stereocenters. The molecule has 5 nitrogen and oxygen atoms in total. The summed E-state index contributed by atoms with van der Waals surface area (Å²) in [4.78, 5) is 21.1. The van der Waals surface area contributed by atoms with Gasteiger partial charge in [0, 0.05) is 41.7 Å². The van der Waals surface area contributed by atoms with Crippen molar-refractivity contribution in [1.29, 1.82) is 0 Å². The molecule has 1 aliphatic rings. The van der Waals surface area contributed by atoms with Crippen LogP contribution in [0.5, 0.6) is 0 Å². The molecule has 1 fully saturated rings. The lowest BCUT2D eigenvalue weighted by Crippen LogP contribution is -2.08. The monoisotopic (exact) mass is 460 g/mol. The fraction of sp³-hybridized carbons (Fsp3) is 0.192. The van der Waals surface area contributed by atoms with Gasteiger partial charge in [-0.3, -0.25) is 14.8 Å². The van der Waals surface area contributed by atoms with Crippen LogP contribution in [-0.4, -0.2) is 24.2 Å². The topological polar surface area (TPSA) is 77.0 Å². The van der Waals surface area contributed by atoms with Crippen molar-refractivity contribution in [2.24, 2.45) is 5.92 Å². The van der Waals surface area contributed by atoms with Gasteiger partial charge in [-0.2, -0.15) is 0 Å².